The molecule has 1 atom stereocenters. The normalized spacial score (nSPS) is 11.9. The molecule has 18 heavy (non-hydrogen) atoms. The lowest BCUT2D eigenvalue weighted by molar-refractivity contribution is -0.122. The summed E-state index contributed by atoms with van der Waals surface area (Å²) in [5.41, 5.74) is 6.31. The van der Waals surface area contributed by atoms with Gasteiger partial charge < -0.3 is 20.4 Å². The van der Waals surface area contributed by atoms with Crippen LogP contribution in [-0.2, 0) is 16.1 Å². The van der Waals surface area contributed by atoms with Crippen molar-refractivity contribution in [3.05, 3.63) is 18.0 Å². The Hall–Kier alpha value is -1.98. The number of anilines is 1. The number of nitrogen functional groups attached to an aromatic ring is 1. The number of nitrogens with two attached hydrogens (primary N) is 1. The Morgan fingerprint density at radius 1 is 1.56 bits per heavy atom. The van der Waals surface area contributed by atoms with Gasteiger partial charge in [0.15, 0.2) is 0 Å². The molecule has 0 bridgehead atoms. The Morgan fingerprint density at radius 3 is 2.78 bits per heavy atom. The number of rotatable bonds is 5. The number of hydrogen-bond donors (Lipinski definition) is 2. The van der Waals surface area contributed by atoms with Gasteiger partial charge in [-0.3, -0.25) is 4.79 Å². The molecule has 0 aliphatic carbocycles. The number of nitrogens with one attached hydrogen (secondary N) is 1. The molecule has 3 N–H and O–H groups in total. The monoisotopic (exact) mass is 253 g/mol. The maximum atomic E-state index is 11.7. The molecular formula is C12H19N3O3. The number of aromatic nitrogens is 1. The number of carbonyl (C=O) groups excluding carboxylic acids is 2. The molecule has 1 unspecified atom stereocenters. The van der Waals surface area contributed by atoms with E-state index in [9.17, 15) is 9.59 Å². The fourth-order valence-corrected chi connectivity index (χ4v) is 1.52. The van der Waals surface area contributed by atoms with E-state index < -0.39 is 5.97 Å². The van der Waals surface area contributed by atoms with Crippen LogP contribution in [0.15, 0.2) is 12.3 Å². The third-order valence-electron chi connectivity index (χ3n) is 2.65. The Labute approximate surface area is 106 Å². The van der Waals surface area contributed by atoms with Crippen molar-refractivity contribution in [1.29, 1.82) is 0 Å². The molecule has 0 aliphatic heterocycles. The molecule has 6 heteroatoms. The summed E-state index contributed by atoms with van der Waals surface area (Å²) in [6.45, 7) is 3.95. The summed E-state index contributed by atoms with van der Waals surface area (Å²) in [5.74, 6) is -0.673. The third-order valence-corrected chi connectivity index (χ3v) is 2.65. The van der Waals surface area contributed by atoms with Gasteiger partial charge in [-0.15, -0.1) is 0 Å². The zero-order chi connectivity index (χ0) is 13.7. The van der Waals surface area contributed by atoms with Crippen molar-refractivity contribution in [3.8, 4) is 0 Å². The van der Waals surface area contributed by atoms with Gasteiger partial charge in [-0.25, -0.2) is 4.79 Å². The number of amides is 1. The lowest BCUT2D eigenvalue weighted by Gasteiger charge is -2.12. The van der Waals surface area contributed by atoms with Gasteiger partial charge >= 0.3 is 5.97 Å². The highest BCUT2D eigenvalue weighted by atomic mass is 16.5. The van der Waals surface area contributed by atoms with Crippen LogP contribution in [0.2, 0.25) is 0 Å². The largest absolute Gasteiger partial charge is 0.464 e. The van der Waals surface area contributed by atoms with E-state index in [1.54, 1.807) is 6.20 Å². The summed E-state index contributed by atoms with van der Waals surface area (Å²) < 4.78 is 6.11. The fraction of sp³-hybridized carbons (Fsp3) is 0.500. The Bertz CT molecular complexity index is 440. The lowest BCUT2D eigenvalue weighted by Crippen LogP contribution is -2.35. The highest BCUT2D eigenvalue weighted by Gasteiger charge is 2.15. The van der Waals surface area contributed by atoms with E-state index in [4.69, 9.17) is 5.73 Å². The van der Waals surface area contributed by atoms with Crippen molar-refractivity contribution in [3.63, 3.8) is 0 Å². The van der Waals surface area contributed by atoms with Crippen molar-refractivity contribution >= 4 is 17.6 Å². The molecule has 1 aromatic rings. The summed E-state index contributed by atoms with van der Waals surface area (Å²) in [6, 6.07) is 1.59. The van der Waals surface area contributed by atoms with Gasteiger partial charge in [-0.05, 0) is 19.4 Å². The minimum absolute atomic E-state index is 0.0476. The van der Waals surface area contributed by atoms with Crippen LogP contribution in [0.1, 0.15) is 30.8 Å². The van der Waals surface area contributed by atoms with Crippen LogP contribution < -0.4 is 11.1 Å². The number of ether oxygens (including phenoxy) is 1. The van der Waals surface area contributed by atoms with Gasteiger partial charge in [-0.2, -0.15) is 0 Å². The topological polar surface area (TPSA) is 86.4 Å². The molecule has 0 fully saturated rings. The SMILES string of the molecule is CCC(C)NC(=O)Cn1cc(N)cc1C(=O)OC. The summed E-state index contributed by atoms with van der Waals surface area (Å²) in [4.78, 5) is 23.2. The van der Waals surface area contributed by atoms with Crippen LogP contribution >= 0.6 is 0 Å². The van der Waals surface area contributed by atoms with Crippen LogP contribution in [0.3, 0.4) is 0 Å². The number of esters is 1. The predicted molar refractivity (Wildman–Crippen MR) is 68.1 cm³/mol. The summed E-state index contributed by atoms with van der Waals surface area (Å²) in [6.07, 6.45) is 2.39. The van der Waals surface area contributed by atoms with Crippen molar-refractivity contribution in [2.24, 2.45) is 0 Å². The van der Waals surface area contributed by atoms with Gasteiger partial charge in [0.25, 0.3) is 0 Å². The van der Waals surface area contributed by atoms with E-state index in [0.717, 1.165) is 6.42 Å². The first-order valence-electron chi connectivity index (χ1n) is 5.81. The maximum absolute atomic E-state index is 11.7. The quantitative estimate of drug-likeness (QED) is 0.759. The number of carbonyl (C=O) groups is 2. The van der Waals surface area contributed by atoms with Crippen molar-refractivity contribution in [1.82, 2.24) is 9.88 Å². The zero-order valence-electron chi connectivity index (χ0n) is 10.9. The minimum atomic E-state index is -0.511. The van der Waals surface area contributed by atoms with Crippen LogP contribution in [0.25, 0.3) is 0 Å². The summed E-state index contributed by atoms with van der Waals surface area (Å²) >= 11 is 0. The summed E-state index contributed by atoms with van der Waals surface area (Å²) in [7, 11) is 1.29. The molecule has 0 saturated heterocycles. The first-order valence-corrected chi connectivity index (χ1v) is 5.81. The van der Waals surface area contributed by atoms with E-state index in [0.29, 0.717) is 5.69 Å². The molecule has 1 rings (SSSR count). The summed E-state index contributed by atoms with van der Waals surface area (Å²) in [5, 5.41) is 2.82. The van der Waals surface area contributed by atoms with Crippen LogP contribution in [0.4, 0.5) is 5.69 Å². The van der Waals surface area contributed by atoms with Crippen LogP contribution in [-0.4, -0.2) is 29.6 Å². The smallest absolute Gasteiger partial charge is 0.354 e. The van der Waals surface area contributed by atoms with E-state index in [2.05, 4.69) is 10.1 Å². The molecule has 0 saturated carbocycles. The Balaban J connectivity index is 2.78. The van der Waals surface area contributed by atoms with Crippen molar-refractivity contribution in [2.75, 3.05) is 12.8 Å². The first-order chi connectivity index (χ1) is 8.47. The maximum Gasteiger partial charge on any atom is 0.354 e. The van der Waals surface area contributed by atoms with Gasteiger partial charge in [0.2, 0.25) is 5.91 Å². The van der Waals surface area contributed by atoms with Gasteiger partial charge in [-0.1, -0.05) is 6.92 Å². The van der Waals surface area contributed by atoms with Crippen molar-refractivity contribution in [2.45, 2.75) is 32.9 Å². The van der Waals surface area contributed by atoms with Gasteiger partial charge in [0, 0.05) is 12.2 Å². The number of nitrogens with zero attached hydrogens (tertiary/aromatic N) is 1. The molecule has 0 radical (unpaired) electrons. The second kappa shape index (κ2) is 6.09. The van der Waals surface area contributed by atoms with E-state index in [1.807, 2.05) is 13.8 Å². The highest BCUT2D eigenvalue weighted by molar-refractivity contribution is 5.89. The van der Waals surface area contributed by atoms with Gasteiger partial charge in [0.05, 0.1) is 12.8 Å². The fourth-order valence-electron chi connectivity index (χ4n) is 1.52. The Morgan fingerprint density at radius 2 is 2.22 bits per heavy atom. The number of methoxy groups -OCH3 is 1. The minimum Gasteiger partial charge on any atom is -0.464 e. The van der Waals surface area contributed by atoms with Gasteiger partial charge in [0.1, 0.15) is 12.2 Å². The number of hydrogen-bond acceptors (Lipinski definition) is 4. The zero-order valence-corrected chi connectivity index (χ0v) is 10.9. The molecule has 0 aliphatic rings. The van der Waals surface area contributed by atoms with E-state index in [1.165, 1.54) is 17.7 Å². The second-order valence-electron chi connectivity index (χ2n) is 4.15. The molecule has 6 nitrogen and oxygen atoms in total. The molecule has 1 amide bonds. The Kier molecular flexibility index (Phi) is 4.76. The average Bonchev–Trinajstić information content (AvgIpc) is 2.68. The molecule has 0 spiro atoms. The lowest BCUT2D eigenvalue weighted by atomic mass is 10.2. The average molecular weight is 253 g/mol. The van der Waals surface area contributed by atoms with Crippen molar-refractivity contribution < 1.29 is 14.3 Å². The molecule has 100 valence electrons. The molecular weight excluding hydrogens is 234 g/mol. The molecule has 0 aromatic carbocycles. The molecule has 1 aromatic heterocycles. The first kappa shape index (κ1) is 14.1. The molecule has 1 heterocycles. The van der Waals surface area contributed by atoms with E-state index in [-0.39, 0.29) is 24.2 Å². The highest BCUT2D eigenvalue weighted by Crippen LogP contribution is 2.11. The van der Waals surface area contributed by atoms with Crippen LogP contribution in [0.5, 0.6) is 0 Å². The van der Waals surface area contributed by atoms with Crippen LogP contribution in [0, 0.1) is 0 Å². The third kappa shape index (κ3) is 3.51. The second-order valence-corrected chi connectivity index (χ2v) is 4.15. The van der Waals surface area contributed by atoms with E-state index >= 15 is 0 Å². The predicted octanol–water partition coefficient (Wildman–Crippen LogP) is 0.772. The standard InChI is InChI=1S/C12H19N3O3/c1-4-8(2)14-11(16)7-15-6-9(13)5-10(15)12(17)18-3/h5-6,8H,4,7,13H2,1-3H3,(H,14,16).